The van der Waals surface area contributed by atoms with Gasteiger partial charge in [0.05, 0.1) is 11.4 Å². The number of amides is 2. The first-order valence-electron chi connectivity index (χ1n) is 8.14. The van der Waals surface area contributed by atoms with Crippen LogP contribution in [-0.2, 0) is 0 Å². The summed E-state index contributed by atoms with van der Waals surface area (Å²) >= 11 is 0. The molecule has 0 spiro atoms. The fourth-order valence-corrected chi connectivity index (χ4v) is 3.03. The van der Waals surface area contributed by atoms with Gasteiger partial charge in [-0.15, -0.1) is 0 Å². The average molecular weight is 305 g/mol. The summed E-state index contributed by atoms with van der Waals surface area (Å²) in [4.78, 5) is 14.4. The topological polar surface area (TPSA) is 64.6 Å². The lowest BCUT2D eigenvalue weighted by Crippen LogP contribution is -2.45. The highest BCUT2D eigenvalue weighted by Gasteiger charge is 2.26. The van der Waals surface area contributed by atoms with E-state index in [1.807, 2.05) is 31.3 Å². The van der Waals surface area contributed by atoms with Crippen LogP contribution >= 0.6 is 0 Å². The Kier molecular flexibility index (Phi) is 6.07. The fourth-order valence-electron chi connectivity index (χ4n) is 3.03. The fraction of sp³-hybridized carbons (Fsp3) is 0.588. The second-order valence-corrected chi connectivity index (χ2v) is 5.96. The maximum Gasteiger partial charge on any atom is 0.319 e. The normalized spacial score (nSPS) is 21.2. The predicted molar refractivity (Wildman–Crippen MR) is 90.4 cm³/mol. The lowest BCUT2D eigenvalue weighted by Gasteiger charge is -2.31. The van der Waals surface area contributed by atoms with Gasteiger partial charge >= 0.3 is 6.03 Å². The Labute approximate surface area is 132 Å². The van der Waals surface area contributed by atoms with Gasteiger partial charge in [0.15, 0.2) is 0 Å². The Morgan fingerprint density at radius 3 is 2.77 bits per heavy atom. The van der Waals surface area contributed by atoms with Crippen LogP contribution in [0, 0.1) is 5.92 Å². The van der Waals surface area contributed by atoms with Crippen molar-refractivity contribution in [1.29, 1.82) is 0 Å². The number of rotatable bonds is 5. The van der Waals surface area contributed by atoms with E-state index >= 15 is 0 Å². The first-order valence-corrected chi connectivity index (χ1v) is 8.14. The summed E-state index contributed by atoms with van der Waals surface area (Å²) in [6.07, 6.45) is 4.16. The first-order chi connectivity index (χ1) is 10.7. The van der Waals surface area contributed by atoms with Gasteiger partial charge in [-0.25, -0.2) is 4.79 Å². The molecule has 0 aliphatic heterocycles. The molecule has 0 saturated heterocycles. The first kappa shape index (κ1) is 16.6. The van der Waals surface area contributed by atoms with Crippen molar-refractivity contribution in [3.05, 3.63) is 24.3 Å². The van der Waals surface area contributed by atoms with Crippen molar-refractivity contribution in [2.75, 3.05) is 30.4 Å². The minimum Gasteiger partial charge on any atom is -0.396 e. The van der Waals surface area contributed by atoms with Crippen LogP contribution in [0.5, 0.6) is 0 Å². The van der Waals surface area contributed by atoms with E-state index < -0.39 is 0 Å². The van der Waals surface area contributed by atoms with E-state index in [4.69, 9.17) is 0 Å². The van der Waals surface area contributed by atoms with Crippen molar-refractivity contribution < 1.29 is 9.90 Å². The molecule has 22 heavy (non-hydrogen) atoms. The predicted octanol–water partition coefficient (Wildman–Crippen LogP) is 2.82. The molecule has 2 atom stereocenters. The number of aliphatic hydroxyl groups is 1. The maximum absolute atomic E-state index is 12.3. The molecule has 1 fully saturated rings. The van der Waals surface area contributed by atoms with Crippen molar-refractivity contribution >= 4 is 17.4 Å². The second kappa shape index (κ2) is 8.03. The van der Waals surface area contributed by atoms with Crippen LogP contribution in [0.15, 0.2) is 24.3 Å². The Hall–Kier alpha value is -1.75. The number of hydrogen-bond acceptors (Lipinski definition) is 3. The summed E-state index contributed by atoms with van der Waals surface area (Å²) in [6, 6.07) is 7.66. The highest BCUT2D eigenvalue weighted by atomic mass is 16.3. The molecule has 5 heteroatoms. The number of anilines is 2. The van der Waals surface area contributed by atoms with Gasteiger partial charge in [0.2, 0.25) is 0 Å². The van der Waals surface area contributed by atoms with Gasteiger partial charge in [0, 0.05) is 32.2 Å². The maximum atomic E-state index is 12.3. The molecule has 2 amide bonds. The molecule has 2 rings (SSSR count). The standard InChI is InChI=1S/C17H27N3O2/c1-3-20(2)16-11-7-6-10-15(16)19-17(22)18-14-9-5-4-8-13(14)12-21/h6-7,10-11,13-14,21H,3-5,8-9,12H2,1-2H3,(H2,18,19,22). The van der Waals surface area contributed by atoms with E-state index in [1.165, 1.54) is 0 Å². The van der Waals surface area contributed by atoms with E-state index in [-0.39, 0.29) is 24.6 Å². The smallest absolute Gasteiger partial charge is 0.319 e. The lowest BCUT2D eigenvalue weighted by atomic mass is 9.85. The molecule has 1 aromatic rings. The van der Waals surface area contributed by atoms with E-state index in [9.17, 15) is 9.90 Å². The van der Waals surface area contributed by atoms with Crippen LogP contribution in [0.25, 0.3) is 0 Å². The van der Waals surface area contributed by atoms with Crippen LogP contribution in [0.4, 0.5) is 16.2 Å². The summed E-state index contributed by atoms with van der Waals surface area (Å²) < 4.78 is 0. The minimum atomic E-state index is -0.192. The van der Waals surface area contributed by atoms with Crippen molar-refractivity contribution in [3.63, 3.8) is 0 Å². The molecule has 5 nitrogen and oxygen atoms in total. The van der Waals surface area contributed by atoms with Crippen LogP contribution in [0.1, 0.15) is 32.6 Å². The van der Waals surface area contributed by atoms with Gasteiger partial charge in [0.1, 0.15) is 0 Å². The molecule has 1 aliphatic rings. The number of benzene rings is 1. The third kappa shape index (κ3) is 4.13. The molecule has 1 saturated carbocycles. The summed E-state index contributed by atoms with van der Waals surface area (Å²) in [5.74, 6) is 0.174. The SMILES string of the molecule is CCN(C)c1ccccc1NC(=O)NC1CCCCC1CO. The zero-order valence-electron chi connectivity index (χ0n) is 13.5. The molecule has 3 N–H and O–H groups in total. The molecule has 2 unspecified atom stereocenters. The van der Waals surface area contributed by atoms with Crippen LogP contribution in [0.2, 0.25) is 0 Å². The van der Waals surface area contributed by atoms with Crippen molar-refractivity contribution in [2.45, 2.75) is 38.6 Å². The number of nitrogens with one attached hydrogen (secondary N) is 2. The van der Waals surface area contributed by atoms with Gasteiger partial charge < -0.3 is 20.6 Å². The van der Waals surface area contributed by atoms with Gasteiger partial charge in [-0.3, -0.25) is 0 Å². The van der Waals surface area contributed by atoms with Crippen molar-refractivity contribution in [2.24, 2.45) is 5.92 Å². The summed E-state index contributed by atoms with van der Waals surface area (Å²) in [5.41, 5.74) is 1.81. The van der Waals surface area contributed by atoms with E-state index in [0.717, 1.165) is 43.6 Å². The third-order valence-corrected chi connectivity index (χ3v) is 4.50. The van der Waals surface area contributed by atoms with Crippen LogP contribution in [-0.4, -0.2) is 37.4 Å². The number of aliphatic hydroxyl groups excluding tert-OH is 1. The number of urea groups is 1. The van der Waals surface area contributed by atoms with E-state index in [0.29, 0.717) is 0 Å². The molecule has 0 aromatic heterocycles. The summed E-state index contributed by atoms with van der Waals surface area (Å²) in [7, 11) is 2.00. The summed E-state index contributed by atoms with van der Waals surface area (Å²) in [6.45, 7) is 3.08. The largest absolute Gasteiger partial charge is 0.396 e. The van der Waals surface area contributed by atoms with Crippen LogP contribution in [0.3, 0.4) is 0 Å². The summed E-state index contributed by atoms with van der Waals surface area (Å²) in [5, 5.41) is 15.4. The zero-order chi connectivity index (χ0) is 15.9. The Balaban J connectivity index is 2.00. The molecule has 122 valence electrons. The van der Waals surface area contributed by atoms with Gasteiger partial charge in [-0.1, -0.05) is 25.0 Å². The number of para-hydroxylation sites is 2. The monoisotopic (exact) mass is 305 g/mol. The Morgan fingerprint density at radius 2 is 2.05 bits per heavy atom. The third-order valence-electron chi connectivity index (χ3n) is 4.50. The highest BCUT2D eigenvalue weighted by molar-refractivity contribution is 5.93. The molecule has 1 aromatic carbocycles. The molecular weight excluding hydrogens is 278 g/mol. The van der Waals surface area contributed by atoms with Gasteiger partial charge in [0.25, 0.3) is 0 Å². The molecule has 0 radical (unpaired) electrons. The lowest BCUT2D eigenvalue weighted by molar-refractivity contribution is 0.156. The highest BCUT2D eigenvalue weighted by Crippen LogP contribution is 2.26. The van der Waals surface area contributed by atoms with E-state index in [1.54, 1.807) is 0 Å². The van der Waals surface area contributed by atoms with Crippen molar-refractivity contribution in [1.82, 2.24) is 5.32 Å². The Bertz CT molecular complexity index is 493. The van der Waals surface area contributed by atoms with Crippen molar-refractivity contribution in [3.8, 4) is 0 Å². The number of nitrogens with zero attached hydrogens (tertiary/aromatic N) is 1. The molecule has 0 bridgehead atoms. The second-order valence-electron chi connectivity index (χ2n) is 5.96. The number of carbonyl (C=O) groups excluding carboxylic acids is 1. The number of carbonyl (C=O) groups is 1. The van der Waals surface area contributed by atoms with Crippen LogP contribution < -0.4 is 15.5 Å². The zero-order valence-corrected chi connectivity index (χ0v) is 13.5. The minimum absolute atomic E-state index is 0.0646. The van der Waals surface area contributed by atoms with Gasteiger partial charge in [-0.2, -0.15) is 0 Å². The van der Waals surface area contributed by atoms with E-state index in [2.05, 4.69) is 22.5 Å². The molecule has 1 aliphatic carbocycles. The van der Waals surface area contributed by atoms with Gasteiger partial charge in [-0.05, 0) is 31.9 Å². The quantitative estimate of drug-likeness (QED) is 0.784. The molecular formula is C17H27N3O2. The Morgan fingerprint density at radius 1 is 1.32 bits per heavy atom. The average Bonchev–Trinajstić information content (AvgIpc) is 2.55. The number of hydrogen-bond donors (Lipinski definition) is 3. The molecule has 0 heterocycles.